The summed E-state index contributed by atoms with van der Waals surface area (Å²) >= 11 is 6.16. The number of carbonyl (C=O) groups is 1. The minimum Gasteiger partial charge on any atom is -0.493 e. The van der Waals surface area contributed by atoms with Crippen LogP contribution in [0.25, 0.3) is 6.08 Å². The van der Waals surface area contributed by atoms with E-state index in [1.807, 2.05) is 0 Å². The Hall–Kier alpha value is -4.17. The summed E-state index contributed by atoms with van der Waals surface area (Å²) in [6, 6.07) is 18.2. The van der Waals surface area contributed by atoms with Crippen LogP contribution in [0.15, 0.2) is 77.4 Å². The summed E-state index contributed by atoms with van der Waals surface area (Å²) in [5, 5.41) is 11.2. The second kappa shape index (κ2) is 9.54. The smallest absolute Gasteiger partial charge is 0.363 e. The molecule has 0 atom stereocenters. The Morgan fingerprint density at radius 3 is 2.55 bits per heavy atom. The van der Waals surface area contributed by atoms with E-state index < -0.39 is 10.9 Å². The number of carbonyl (C=O) groups excluding carboxylic acids is 1. The monoisotopic (exact) mass is 464 g/mol. The normalized spacial score (nSPS) is 14.1. The number of nitro benzene ring substituents is 1. The summed E-state index contributed by atoms with van der Waals surface area (Å²) in [7, 11) is 1.50. The quantitative estimate of drug-likeness (QED) is 0.207. The summed E-state index contributed by atoms with van der Waals surface area (Å²) in [6.45, 7) is 0.201. The van der Waals surface area contributed by atoms with Gasteiger partial charge in [0.15, 0.2) is 17.2 Å². The van der Waals surface area contributed by atoms with Crippen molar-refractivity contribution in [3.05, 3.63) is 104 Å². The van der Waals surface area contributed by atoms with Gasteiger partial charge in [0, 0.05) is 12.1 Å². The van der Waals surface area contributed by atoms with Crippen LogP contribution in [0.5, 0.6) is 11.5 Å². The lowest BCUT2D eigenvalue weighted by Crippen LogP contribution is -2.05. The van der Waals surface area contributed by atoms with E-state index in [1.54, 1.807) is 60.7 Å². The van der Waals surface area contributed by atoms with Crippen LogP contribution in [0.1, 0.15) is 16.7 Å². The van der Waals surface area contributed by atoms with Crippen LogP contribution >= 0.6 is 11.6 Å². The molecule has 0 unspecified atom stereocenters. The summed E-state index contributed by atoms with van der Waals surface area (Å²) < 4.78 is 16.5. The Kier molecular flexibility index (Phi) is 6.37. The molecule has 0 saturated carbocycles. The van der Waals surface area contributed by atoms with Gasteiger partial charge in [-0.05, 0) is 53.6 Å². The highest BCUT2D eigenvalue weighted by Crippen LogP contribution is 2.31. The Balaban J connectivity index is 1.51. The van der Waals surface area contributed by atoms with Gasteiger partial charge in [-0.1, -0.05) is 29.8 Å². The standard InChI is InChI=1S/C24H17ClN2O6/c1-31-22-13-16(8-11-21(22)32-14-15-6-9-17(10-7-15)27(29)30)12-20-24(28)33-23(26-20)18-4-2-3-5-19(18)25/h2-13H,14H2,1H3/b20-12-. The topological polar surface area (TPSA) is 100 Å². The second-order valence-corrected chi connectivity index (χ2v) is 7.35. The van der Waals surface area contributed by atoms with Gasteiger partial charge in [-0.15, -0.1) is 0 Å². The molecule has 166 valence electrons. The van der Waals surface area contributed by atoms with Crippen molar-refractivity contribution in [1.82, 2.24) is 0 Å². The predicted octanol–water partition coefficient (Wildman–Crippen LogP) is 5.18. The largest absolute Gasteiger partial charge is 0.493 e. The molecule has 0 saturated heterocycles. The number of esters is 1. The maximum absolute atomic E-state index is 12.3. The average molecular weight is 465 g/mol. The first-order valence-electron chi connectivity index (χ1n) is 9.76. The first-order valence-corrected chi connectivity index (χ1v) is 10.1. The van der Waals surface area contributed by atoms with Gasteiger partial charge < -0.3 is 14.2 Å². The number of hydrogen-bond donors (Lipinski definition) is 0. The fourth-order valence-corrected chi connectivity index (χ4v) is 3.30. The Bertz CT molecular complexity index is 1280. The van der Waals surface area contributed by atoms with E-state index in [1.165, 1.54) is 19.2 Å². The van der Waals surface area contributed by atoms with Gasteiger partial charge in [0.25, 0.3) is 5.69 Å². The van der Waals surface area contributed by atoms with Crippen LogP contribution in [-0.2, 0) is 16.1 Å². The van der Waals surface area contributed by atoms with E-state index in [-0.39, 0.29) is 23.9 Å². The molecule has 1 heterocycles. The number of aliphatic imine (C=N–C) groups is 1. The molecule has 0 fully saturated rings. The van der Waals surface area contributed by atoms with Crippen molar-refractivity contribution in [3.63, 3.8) is 0 Å². The van der Waals surface area contributed by atoms with Crippen LogP contribution in [0.4, 0.5) is 5.69 Å². The van der Waals surface area contributed by atoms with Gasteiger partial charge in [0.2, 0.25) is 5.90 Å². The van der Waals surface area contributed by atoms with Crippen molar-refractivity contribution in [2.75, 3.05) is 7.11 Å². The van der Waals surface area contributed by atoms with Gasteiger partial charge in [0.1, 0.15) is 6.61 Å². The van der Waals surface area contributed by atoms with Gasteiger partial charge >= 0.3 is 5.97 Å². The fourth-order valence-electron chi connectivity index (χ4n) is 3.09. The summed E-state index contributed by atoms with van der Waals surface area (Å²) in [6.07, 6.45) is 1.58. The van der Waals surface area contributed by atoms with Crippen LogP contribution in [0, 0.1) is 10.1 Å². The molecule has 0 bridgehead atoms. The number of hydrogen-bond acceptors (Lipinski definition) is 7. The minimum atomic E-state index is -0.581. The fraction of sp³-hybridized carbons (Fsp3) is 0.0833. The van der Waals surface area contributed by atoms with Crippen molar-refractivity contribution in [3.8, 4) is 11.5 Å². The Morgan fingerprint density at radius 1 is 1.09 bits per heavy atom. The number of ether oxygens (including phenoxy) is 3. The molecule has 0 spiro atoms. The lowest BCUT2D eigenvalue weighted by molar-refractivity contribution is -0.384. The molecule has 0 aromatic heterocycles. The van der Waals surface area contributed by atoms with Gasteiger partial charge in [-0.25, -0.2) is 9.79 Å². The number of rotatable bonds is 7. The van der Waals surface area contributed by atoms with Crippen molar-refractivity contribution < 1.29 is 23.9 Å². The third kappa shape index (κ3) is 5.02. The third-order valence-electron chi connectivity index (χ3n) is 4.76. The molecule has 9 heteroatoms. The predicted molar refractivity (Wildman–Crippen MR) is 122 cm³/mol. The van der Waals surface area contributed by atoms with E-state index in [2.05, 4.69) is 4.99 Å². The highest BCUT2D eigenvalue weighted by molar-refractivity contribution is 6.34. The van der Waals surface area contributed by atoms with E-state index >= 15 is 0 Å². The van der Waals surface area contributed by atoms with E-state index in [0.717, 1.165) is 5.56 Å². The van der Waals surface area contributed by atoms with Crippen molar-refractivity contribution in [1.29, 1.82) is 0 Å². The van der Waals surface area contributed by atoms with Crippen LogP contribution in [0.3, 0.4) is 0 Å². The van der Waals surface area contributed by atoms with Crippen molar-refractivity contribution >= 4 is 35.2 Å². The maximum atomic E-state index is 12.3. The molecule has 8 nitrogen and oxygen atoms in total. The van der Waals surface area contributed by atoms with Crippen LogP contribution < -0.4 is 9.47 Å². The zero-order valence-electron chi connectivity index (χ0n) is 17.4. The van der Waals surface area contributed by atoms with Crippen LogP contribution in [-0.4, -0.2) is 23.9 Å². The maximum Gasteiger partial charge on any atom is 0.363 e. The second-order valence-electron chi connectivity index (χ2n) is 6.94. The number of cyclic esters (lactones) is 1. The molecule has 1 aliphatic heterocycles. The molecule has 0 aliphatic carbocycles. The van der Waals surface area contributed by atoms with Gasteiger partial charge in [0.05, 0.1) is 22.6 Å². The molecule has 3 aromatic carbocycles. The molecule has 0 amide bonds. The number of methoxy groups -OCH3 is 1. The van der Waals surface area contributed by atoms with Crippen molar-refractivity contribution in [2.24, 2.45) is 4.99 Å². The molecule has 33 heavy (non-hydrogen) atoms. The Labute approximate surface area is 193 Å². The lowest BCUT2D eigenvalue weighted by Gasteiger charge is -2.11. The van der Waals surface area contributed by atoms with Gasteiger partial charge in [-0.3, -0.25) is 10.1 Å². The van der Waals surface area contributed by atoms with E-state index in [9.17, 15) is 14.9 Å². The zero-order valence-corrected chi connectivity index (χ0v) is 18.1. The minimum absolute atomic E-state index is 0.0134. The molecule has 1 aliphatic rings. The van der Waals surface area contributed by atoms with E-state index in [4.69, 9.17) is 25.8 Å². The summed E-state index contributed by atoms with van der Waals surface area (Å²) in [5.41, 5.74) is 2.10. The first-order chi connectivity index (χ1) is 15.9. The highest BCUT2D eigenvalue weighted by Gasteiger charge is 2.25. The Morgan fingerprint density at radius 2 is 1.85 bits per heavy atom. The van der Waals surface area contributed by atoms with Crippen LogP contribution in [0.2, 0.25) is 5.02 Å². The summed E-state index contributed by atoms with van der Waals surface area (Å²) in [4.78, 5) is 26.9. The lowest BCUT2D eigenvalue weighted by atomic mass is 10.1. The third-order valence-corrected chi connectivity index (χ3v) is 5.09. The van der Waals surface area contributed by atoms with Crippen molar-refractivity contribution in [2.45, 2.75) is 6.61 Å². The molecule has 0 N–H and O–H groups in total. The number of halogens is 1. The molecule has 0 radical (unpaired) electrons. The number of nitro groups is 1. The SMILES string of the molecule is COc1cc(/C=C2\N=C(c3ccccc3Cl)OC2=O)ccc1OCc1ccc([N+](=O)[O-])cc1. The molecular formula is C24H17ClN2O6. The zero-order chi connectivity index (χ0) is 23.4. The van der Waals surface area contributed by atoms with E-state index in [0.29, 0.717) is 27.6 Å². The molecular weight excluding hydrogens is 448 g/mol. The number of non-ortho nitro benzene ring substituents is 1. The molecule has 3 aromatic rings. The number of nitrogens with zero attached hydrogens (tertiary/aromatic N) is 2. The number of benzene rings is 3. The first kappa shape index (κ1) is 22.0. The average Bonchev–Trinajstić information content (AvgIpc) is 3.18. The molecule has 4 rings (SSSR count). The summed E-state index contributed by atoms with van der Waals surface area (Å²) in [5.74, 6) is 0.495. The van der Waals surface area contributed by atoms with Gasteiger partial charge in [-0.2, -0.15) is 0 Å². The highest BCUT2D eigenvalue weighted by atomic mass is 35.5.